The first-order valence-corrected chi connectivity index (χ1v) is 11.2. The molecule has 1 atom stereocenters. The van der Waals surface area contributed by atoms with Crippen LogP contribution in [0.3, 0.4) is 0 Å². The number of aromatic nitrogens is 1. The number of oxime groups is 1. The zero-order valence-corrected chi connectivity index (χ0v) is 19.4. The molecule has 4 aromatic rings. The Labute approximate surface area is 203 Å². The first-order valence-electron chi connectivity index (χ1n) is 11.2. The van der Waals surface area contributed by atoms with Crippen LogP contribution in [0.5, 0.6) is 0 Å². The van der Waals surface area contributed by atoms with Crippen LogP contribution in [0.1, 0.15) is 50.6 Å². The number of carboxylic acids is 1. The number of carbonyl (C=O) groups is 1. The van der Waals surface area contributed by atoms with Gasteiger partial charge in [-0.3, -0.25) is 4.98 Å². The van der Waals surface area contributed by atoms with Gasteiger partial charge in [0.25, 0.3) is 0 Å². The van der Waals surface area contributed by atoms with E-state index in [1.54, 1.807) is 6.20 Å². The summed E-state index contributed by atoms with van der Waals surface area (Å²) in [6, 6.07) is 23.2. The van der Waals surface area contributed by atoms with Crippen LogP contribution in [0.2, 0.25) is 0 Å². The molecule has 0 bridgehead atoms. The predicted molar refractivity (Wildman–Crippen MR) is 134 cm³/mol. The minimum atomic E-state index is -1.17. The highest BCUT2D eigenvalue weighted by atomic mass is 19.1. The molecule has 1 aromatic heterocycles. The third-order valence-electron chi connectivity index (χ3n) is 6.15. The number of hydrogen-bond acceptors (Lipinski definition) is 4. The standard InChI is InChI=1S/C29H25FN2O3/c1-18-5-3-4-6-24(18)26(17-28(32-35)22-13-14-31-19(2)15-22)21-9-7-20(8-10-21)25-12-11-23(29(33)34)16-27(25)30/h3-16,26,35H,17H2,1-2H3,(H,33,34). The molecule has 0 aliphatic rings. The monoisotopic (exact) mass is 468 g/mol. The first kappa shape index (κ1) is 23.8. The van der Waals surface area contributed by atoms with Crippen molar-refractivity contribution in [1.82, 2.24) is 4.98 Å². The van der Waals surface area contributed by atoms with E-state index in [4.69, 9.17) is 5.11 Å². The molecule has 0 amide bonds. The maximum atomic E-state index is 14.6. The molecule has 0 radical (unpaired) electrons. The zero-order chi connectivity index (χ0) is 24.9. The van der Waals surface area contributed by atoms with Crippen LogP contribution < -0.4 is 0 Å². The molecular weight excluding hydrogens is 443 g/mol. The van der Waals surface area contributed by atoms with Gasteiger partial charge < -0.3 is 10.3 Å². The Morgan fingerprint density at radius 3 is 2.34 bits per heavy atom. The third-order valence-corrected chi connectivity index (χ3v) is 6.15. The number of rotatable bonds is 7. The van der Waals surface area contributed by atoms with Gasteiger partial charge in [-0.15, -0.1) is 0 Å². The van der Waals surface area contributed by atoms with Crippen LogP contribution in [0.4, 0.5) is 4.39 Å². The van der Waals surface area contributed by atoms with E-state index in [-0.39, 0.29) is 11.5 Å². The summed E-state index contributed by atoms with van der Waals surface area (Å²) in [5.41, 5.74) is 6.26. The molecule has 0 spiro atoms. The van der Waals surface area contributed by atoms with Crippen molar-refractivity contribution in [3.63, 3.8) is 0 Å². The molecule has 0 saturated carbocycles. The Kier molecular flexibility index (Phi) is 7.01. The summed E-state index contributed by atoms with van der Waals surface area (Å²) in [5.74, 6) is -1.86. The number of aromatic carboxylic acids is 1. The highest BCUT2D eigenvalue weighted by molar-refractivity contribution is 6.01. The van der Waals surface area contributed by atoms with Crippen molar-refractivity contribution < 1.29 is 19.5 Å². The van der Waals surface area contributed by atoms with Crippen LogP contribution in [0.25, 0.3) is 11.1 Å². The van der Waals surface area contributed by atoms with Crippen LogP contribution >= 0.6 is 0 Å². The van der Waals surface area contributed by atoms with Gasteiger partial charge in [-0.2, -0.15) is 0 Å². The SMILES string of the molecule is Cc1cc(C(CC(c2ccc(-c3ccc(C(=O)O)cc3F)cc2)c2ccccc2C)=NO)ccn1. The van der Waals surface area contributed by atoms with Crippen molar-refractivity contribution in [1.29, 1.82) is 0 Å². The lowest BCUT2D eigenvalue weighted by atomic mass is 9.83. The number of halogens is 1. The Morgan fingerprint density at radius 1 is 0.971 bits per heavy atom. The Balaban J connectivity index is 1.72. The highest BCUT2D eigenvalue weighted by Gasteiger charge is 2.21. The van der Waals surface area contributed by atoms with Crippen LogP contribution in [-0.4, -0.2) is 27.0 Å². The normalized spacial score (nSPS) is 12.4. The van der Waals surface area contributed by atoms with E-state index >= 15 is 0 Å². The molecule has 0 fully saturated rings. The Morgan fingerprint density at radius 2 is 1.71 bits per heavy atom. The average Bonchev–Trinajstić information content (AvgIpc) is 2.85. The Bertz CT molecular complexity index is 1400. The van der Waals surface area contributed by atoms with Gasteiger partial charge in [0.1, 0.15) is 5.82 Å². The van der Waals surface area contributed by atoms with Crippen molar-refractivity contribution in [3.8, 4) is 11.1 Å². The largest absolute Gasteiger partial charge is 0.478 e. The Hall–Kier alpha value is -4.32. The van der Waals surface area contributed by atoms with Crippen LogP contribution in [0.15, 0.2) is 90.2 Å². The van der Waals surface area contributed by atoms with Gasteiger partial charge in [0.05, 0.1) is 11.3 Å². The molecule has 6 heteroatoms. The van der Waals surface area contributed by atoms with E-state index in [0.717, 1.165) is 34.0 Å². The fraction of sp³-hybridized carbons (Fsp3) is 0.138. The van der Waals surface area contributed by atoms with E-state index in [1.807, 2.05) is 68.4 Å². The zero-order valence-electron chi connectivity index (χ0n) is 19.4. The van der Waals surface area contributed by atoms with Gasteiger partial charge in [0.2, 0.25) is 0 Å². The van der Waals surface area contributed by atoms with Crippen LogP contribution in [0, 0.1) is 19.7 Å². The second-order valence-corrected chi connectivity index (χ2v) is 8.47. The van der Waals surface area contributed by atoms with Gasteiger partial charge in [-0.25, -0.2) is 9.18 Å². The van der Waals surface area contributed by atoms with Crippen molar-refractivity contribution >= 4 is 11.7 Å². The topological polar surface area (TPSA) is 82.8 Å². The van der Waals surface area contributed by atoms with Gasteiger partial charge >= 0.3 is 5.97 Å². The molecule has 5 nitrogen and oxygen atoms in total. The molecule has 0 aliphatic carbocycles. The minimum Gasteiger partial charge on any atom is -0.478 e. The van der Waals surface area contributed by atoms with Crippen molar-refractivity contribution in [2.24, 2.45) is 5.16 Å². The number of benzene rings is 3. The molecular formula is C29H25FN2O3. The molecule has 4 rings (SSSR count). The number of nitrogens with zero attached hydrogens (tertiary/aromatic N) is 2. The van der Waals surface area contributed by atoms with E-state index < -0.39 is 11.8 Å². The summed E-state index contributed by atoms with van der Waals surface area (Å²) in [6.07, 6.45) is 2.14. The molecule has 1 unspecified atom stereocenters. The van der Waals surface area contributed by atoms with E-state index in [0.29, 0.717) is 23.3 Å². The lowest BCUT2D eigenvalue weighted by molar-refractivity contribution is 0.0696. The summed E-state index contributed by atoms with van der Waals surface area (Å²) < 4.78 is 14.6. The van der Waals surface area contributed by atoms with Gasteiger partial charge in [-0.1, -0.05) is 59.8 Å². The quantitative estimate of drug-likeness (QED) is 0.182. The smallest absolute Gasteiger partial charge is 0.335 e. The number of hydrogen-bond donors (Lipinski definition) is 2. The number of aryl methyl sites for hydroxylation is 2. The van der Waals surface area contributed by atoms with Gasteiger partial charge in [0, 0.05) is 35.4 Å². The number of pyridine rings is 1. The summed E-state index contributed by atoms with van der Waals surface area (Å²) >= 11 is 0. The highest BCUT2D eigenvalue weighted by Crippen LogP contribution is 2.34. The maximum absolute atomic E-state index is 14.6. The maximum Gasteiger partial charge on any atom is 0.335 e. The summed E-state index contributed by atoms with van der Waals surface area (Å²) in [5, 5.41) is 22.6. The second-order valence-electron chi connectivity index (χ2n) is 8.47. The first-order chi connectivity index (χ1) is 16.9. The summed E-state index contributed by atoms with van der Waals surface area (Å²) in [6.45, 7) is 3.93. The fourth-order valence-electron chi connectivity index (χ4n) is 4.30. The van der Waals surface area contributed by atoms with Crippen molar-refractivity contribution in [2.75, 3.05) is 0 Å². The molecule has 0 aliphatic heterocycles. The molecule has 3 aromatic carbocycles. The van der Waals surface area contributed by atoms with E-state index in [9.17, 15) is 14.4 Å². The molecule has 2 N–H and O–H groups in total. The van der Waals surface area contributed by atoms with Crippen molar-refractivity contribution in [2.45, 2.75) is 26.2 Å². The molecule has 35 heavy (non-hydrogen) atoms. The van der Waals surface area contributed by atoms with Gasteiger partial charge in [0.15, 0.2) is 0 Å². The summed E-state index contributed by atoms with van der Waals surface area (Å²) in [7, 11) is 0. The molecule has 176 valence electrons. The second kappa shape index (κ2) is 10.3. The lowest BCUT2D eigenvalue weighted by Crippen LogP contribution is -2.12. The molecule has 1 heterocycles. The van der Waals surface area contributed by atoms with E-state index in [2.05, 4.69) is 16.2 Å². The lowest BCUT2D eigenvalue weighted by Gasteiger charge is -2.21. The van der Waals surface area contributed by atoms with Gasteiger partial charge in [-0.05, 0) is 60.4 Å². The molecule has 0 saturated heterocycles. The number of carboxylic acid groups (broad SMARTS) is 1. The third kappa shape index (κ3) is 5.27. The minimum absolute atomic E-state index is 0.0929. The average molecular weight is 469 g/mol. The van der Waals surface area contributed by atoms with E-state index in [1.165, 1.54) is 12.1 Å². The predicted octanol–water partition coefficient (Wildman–Crippen LogP) is 6.60. The van der Waals surface area contributed by atoms with Crippen molar-refractivity contribution in [3.05, 3.63) is 124 Å². The van der Waals surface area contributed by atoms with Crippen LogP contribution in [-0.2, 0) is 0 Å². The summed E-state index contributed by atoms with van der Waals surface area (Å²) in [4.78, 5) is 15.3. The fourth-order valence-corrected chi connectivity index (χ4v) is 4.30.